The molecule has 2 N–H and O–H groups in total. The highest BCUT2D eigenvalue weighted by atomic mass is 19.1. The molecule has 0 fully saturated rings. The molecule has 0 aliphatic heterocycles. The van der Waals surface area contributed by atoms with Crippen LogP contribution < -0.4 is 10.7 Å². The van der Waals surface area contributed by atoms with Crippen molar-refractivity contribution < 1.29 is 14.0 Å². The average molecular weight is 313 g/mol. The molecule has 2 amide bonds. The van der Waals surface area contributed by atoms with Crippen molar-refractivity contribution in [1.29, 1.82) is 0 Å². The normalized spacial score (nSPS) is 11.0. The van der Waals surface area contributed by atoms with E-state index < -0.39 is 11.7 Å². The van der Waals surface area contributed by atoms with Gasteiger partial charge in [-0.05, 0) is 48.9 Å². The molecule has 118 valence electrons. The summed E-state index contributed by atoms with van der Waals surface area (Å²) >= 11 is 0. The molecule has 2 rings (SSSR count). The quantitative estimate of drug-likeness (QED) is 0.673. The Hall–Kier alpha value is -3.02. The summed E-state index contributed by atoms with van der Waals surface area (Å²) in [4.78, 5) is 23.0. The molecule has 6 heteroatoms. The molecule has 0 unspecified atom stereocenters. The highest BCUT2D eigenvalue weighted by Gasteiger charge is 2.05. The van der Waals surface area contributed by atoms with Crippen LogP contribution in [-0.2, 0) is 4.79 Å². The number of anilines is 1. The average Bonchev–Trinajstić information content (AvgIpc) is 2.52. The van der Waals surface area contributed by atoms with Gasteiger partial charge in [-0.2, -0.15) is 5.10 Å². The van der Waals surface area contributed by atoms with Crippen LogP contribution in [-0.4, -0.2) is 17.5 Å². The van der Waals surface area contributed by atoms with E-state index in [0.717, 1.165) is 5.56 Å². The van der Waals surface area contributed by atoms with Crippen LogP contribution >= 0.6 is 0 Å². The van der Waals surface area contributed by atoms with E-state index in [9.17, 15) is 14.0 Å². The van der Waals surface area contributed by atoms with Crippen molar-refractivity contribution in [3.63, 3.8) is 0 Å². The van der Waals surface area contributed by atoms with Gasteiger partial charge in [0.05, 0.1) is 5.71 Å². The molecule has 0 bridgehead atoms. The Bertz CT molecular complexity index is 755. The predicted molar refractivity (Wildman–Crippen MR) is 86.8 cm³/mol. The van der Waals surface area contributed by atoms with Gasteiger partial charge in [-0.1, -0.05) is 12.1 Å². The van der Waals surface area contributed by atoms with Crippen LogP contribution in [0.15, 0.2) is 53.6 Å². The smallest absolute Gasteiger partial charge is 0.271 e. The number of carbonyl (C=O) groups excluding carboxylic acids is 2. The second-order valence-electron chi connectivity index (χ2n) is 4.91. The van der Waals surface area contributed by atoms with E-state index in [-0.39, 0.29) is 5.91 Å². The molecule has 0 spiro atoms. The lowest BCUT2D eigenvalue weighted by Crippen LogP contribution is -2.19. The molecule has 0 heterocycles. The lowest BCUT2D eigenvalue weighted by Gasteiger charge is -2.06. The zero-order chi connectivity index (χ0) is 16.8. The van der Waals surface area contributed by atoms with Crippen molar-refractivity contribution in [2.45, 2.75) is 13.8 Å². The summed E-state index contributed by atoms with van der Waals surface area (Å²) < 4.78 is 12.8. The molecule has 0 aliphatic rings. The Kier molecular flexibility index (Phi) is 5.19. The Labute approximate surface area is 133 Å². The highest BCUT2D eigenvalue weighted by Crippen LogP contribution is 2.11. The van der Waals surface area contributed by atoms with Gasteiger partial charge in [0, 0.05) is 18.2 Å². The minimum absolute atomic E-state index is 0.165. The molecule has 23 heavy (non-hydrogen) atoms. The summed E-state index contributed by atoms with van der Waals surface area (Å²) in [6.45, 7) is 3.16. The van der Waals surface area contributed by atoms with E-state index in [4.69, 9.17) is 0 Å². The first-order valence-electron chi connectivity index (χ1n) is 6.94. The first kappa shape index (κ1) is 16.4. The van der Waals surface area contributed by atoms with Gasteiger partial charge in [0.2, 0.25) is 5.91 Å². The molecule has 2 aromatic carbocycles. The molecule has 2 aromatic rings. The summed E-state index contributed by atoms with van der Waals surface area (Å²) in [5.74, 6) is -1.00. The Balaban J connectivity index is 2.09. The van der Waals surface area contributed by atoms with E-state index in [2.05, 4.69) is 15.8 Å². The summed E-state index contributed by atoms with van der Waals surface area (Å²) in [5.41, 5.74) is 4.71. The number of nitrogens with zero attached hydrogens (tertiary/aromatic N) is 1. The van der Waals surface area contributed by atoms with Crippen molar-refractivity contribution in [3.05, 3.63) is 65.5 Å². The second-order valence-corrected chi connectivity index (χ2v) is 4.91. The summed E-state index contributed by atoms with van der Waals surface area (Å²) in [6.07, 6.45) is 0. The number of hydrogen-bond acceptors (Lipinski definition) is 3. The summed E-state index contributed by atoms with van der Waals surface area (Å²) in [7, 11) is 0. The first-order chi connectivity index (χ1) is 11.0. The fraction of sp³-hybridized carbons (Fsp3) is 0.118. The van der Waals surface area contributed by atoms with Crippen molar-refractivity contribution in [2.24, 2.45) is 5.10 Å². The van der Waals surface area contributed by atoms with E-state index in [1.807, 2.05) is 6.07 Å². The molecular weight excluding hydrogens is 297 g/mol. The van der Waals surface area contributed by atoms with Gasteiger partial charge in [-0.15, -0.1) is 0 Å². The fourth-order valence-electron chi connectivity index (χ4n) is 1.89. The van der Waals surface area contributed by atoms with Crippen molar-refractivity contribution >= 4 is 23.2 Å². The van der Waals surface area contributed by atoms with Crippen LogP contribution in [0.4, 0.5) is 10.1 Å². The Morgan fingerprint density at radius 2 is 1.70 bits per heavy atom. The molecule has 0 saturated carbocycles. The first-order valence-corrected chi connectivity index (χ1v) is 6.94. The fourth-order valence-corrected chi connectivity index (χ4v) is 1.89. The zero-order valence-corrected chi connectivity index (χ0v) is 12.8. The van der Waals surface area contributed by atoms with Gasteiger partial charge in [0.15, 0.2) is 0 Å². The molecule has 0 aliphatic carbocycles. The topological polar surface area (TPSA) is 70.6 Å². The van der Waals surface area contributed by atoms with E-state index in [1.54, 1.807) is 25.1 Å². The lowest BCUT2D eigenvalue weighted by atomic mass is 10.1. The van der Waals surface area contributed by atoms with Crippen LogP contribution in [0.5, 0.6) is 0 Å². The van der Waals surface area contributed by atoms with Gasteiger partial charge in [0.25, 0.3) is 5.91 Å². The molecule has 0 atom stereocenters. The molecule has 0 saturated heterocycles. The number of hydrogen-bond donors (Lipinski definition) is 2. The third kappa shape index (κ3) is 4.74. The Morgan fingerprint density at radius 1 is 1.00 bits per heavy atom. The van der Waals surface area contributed by atoms with Gasteiger partial charge in [0.1, 0.15) is 5.82 Å². The van der Waals surface area contributed by atoms with Crippen molar-refractivity contribution in [3.8, 4) is 0 Å². The maximum atomic E-state index is 12.8. The maximum Gasteiger partial charge on any atom is 0.271 e. The van der Waals surface area contributed by atoms with Crippen LogP contribution in [0.1, 0.15) is 29.8 Å². The molecule has 5 nitrogen and oxygen atoms in total. The van der Waals surface area contributed by atoms with Gasteiger partial charge >= 0.3 is 0 Å². The van der Waals surface area contributed by atoms with Crippen molar-refractivity contribution in [2.75, 3.05) is 5.32 Å². The van der Waals surface area contributed by atoms with Gasteiger partial charge in [-0.3, -0.25) is 9.59 Å². The minimum Gasteiger partial charge on any atom is -0.326 e. The molecule has 0 aromatic heterocycles. The monoisotopic (exact) mass is 313 g/mol. The number of benzene rings is 2. The van der Waals surface area contributed by atoms with Crippen LogP contribution in [0.25, 0.3) is 0 Å². The largest absolute Gasteiger partial charge is 0.326 e. The number of amides is 2. The number of hydrazone groups is 1. The highest BCUT2D eigenvalue weighted by molar-refractivity contribution is 6.02. The van der Waals surface area contributed by atoms with E-state index >= 15 is 0 Å². The number of halogens is 1. The minimum atomic E-state index is -0.428. The second kappa shape index (κ2) is 7.31. The van der Waals surface area contributed by atoms with E-state index in [0.29, 0.717) is 17.0 Å². The maximum absolute atomic E-state index is 12.8. The van der Waals surface area contributed by atoms with Crippen LogP contribution in [0.3, 0.4) is 0 Å². The van der Waals surface area contributed by atoms with E-state index in [1.165, 1.54) is 31.2 Å². The number of carbonyl (C=O) groups is 2. The Morgan fingerprint density at radius 3 is 2.35 bits per heavy atom. The van der Waals surface area contributed by atoms with Crippen LogP contribution in [0, 0.1) is 5.82 Å². The third-order valence-corrected chi connectivity index (χ3v) is 3.03. The van der Waals surface area contributed by atoms with Crippen LogP contribution in [0.2, 0.25) is 0 Å². The number of rotatable bonds is 4. The number of nitrogens with one attached hydrogen (secondary N) is 2. The third-order valence-electron chi connectivity index (χ3n) is 3.03. The predicted octanol–water partition coefficient (Wildman–Crippen LogP) is 2.94. The standard InChI is InChI=1S/C17H16FN3O2/c1-11(14-4-3-5-16(10-14)19-12(2)22)20-21-17(23)13-6-8-15(18)9-7-13/h3-10H,1-2H3,(H,19,22)(H,21,23)/b20-11-. The zero-order valence-electron chi connectivity index (χ0n) is 12.8. The molecular formula is C17H16FN3O2. The van der Waals surface area contributed by atoms with Gasteiger partial charge in [-0.25, -0.2) is 9.82 Å². The molecule has 0 radical (unpaired) electrons. The lowest BCUT2D eigenvalue weighted by molar-refractivity contribution is -0.114. The summed E-state index contributed by atoms with van der Waals surface area (Å²) in [6, 6.07) is 12.3. The SMILES string of the molecule is CC(=O)Nc1cccc(/C(C)=N\NC(=O)c2ccc(F)cc2)c1. The van der Waals surface area contributed by atoms with Gasteiger partial charge < -0.3 is 5.32 Å². The summed E-state index contributed by atoms with van der Waals surface area (Å²) in [5, 5.41) is 6.70. The van der Waals surface area contributed by atoms with Crippen molar-refractivity contribution in [1.82, 2.24) is 5.43 Å².